The molecule has 4 nitrogen and oxygen atoms in total. The molecular weight excluding hydrogens is 214 g/mol. The molecule has 2 heterocycles. The fourth-order valence-corrected chi connectivity index (χ4v) is 2.44. The summed E-state index contributed by atoms with van der Waals surface area (Å²) < 4.78 is 5.07. The zero-order valence-corrected chi connectivity index (χ0v) is 10.4. The quantitative estimate of drug-likeness (QED) is 0.860. The van der Waals surface area contributed by atoms with Crippen molar-refractivity contribution in [3.8, 4) is 5.88 Å². The first-order chi connectivity index (χ1) is 8.35. The number of hydrogen-bond acceptors (Lipinski definition) is 4. The van der Waals surface area contributed by atoms with Gasteiger partial charge in [-0.05, 0) is 31.5 Å². The van der Waals surface area contributed by atoms with Crippen molar-refractivity contribution < 1.29 is 4.74 Å². The Morgan fingerprint density at radius 3 is 2.65 bits per heavy atom. The number of methoxy groups -OCH3 is 1. The average Bonchev–Trinajstić information content (AvgIpc) is 2.42. The Kier molecular flexibility index (Phi) is 4.34. The van der Waals surface area contributed by atoms with Crippen LogP contribution < -0.4 is 10.5 Å². The molecule has 1 aromatic rings. The van der Waals surface area contributed by atoms with Crippen molar-refractivity contribution in [3.05, 3.63) is 23.9 Å². The van der Waals surface area contributed by atoms with Crippen LogP contribution in [0.2, 0.25) is 0 Å². The molecule has 0 spiro atoms. The van der Waals surface area contributed by atoms with Crippen molar-refractivity contribution in [3.63, 3.8) is 0 Å². The summed E-state index contributed by atoms with van der Waals surface area (Å²) in [5, 5.41) is 0. The van der Waals surface area contributed by atoms with E-state index < -0.39 is 0 Å². The van der Waals surface area contributed by atoms with E-state index in [9.17, 15) is 0 Å². The van der Waals surface area contributed by atoms with Crippen LogP contribution in [0.1, 0.15) is 30.9 Å². The third kappa shape index (κ3) is 2.96. The second kappa shape index (κ2) is 5.98. The van der Waals surface area contributed by atoms with Crippen LogP contribution in [-0.4, -0.2) is 36.6 Å². The largest absolute Gasteiger partial charge is 0.481 e. The van der Waals surface area contributed by atoms with Gasteiger partial charge in [0.1, 0.15) is 0 Å². The van der Waals surface area contributed by atoms with Crippen LogP contribution in [0.3, 0.4) is 0 Å². The molecule has 0 aliphatic carbocycles. The molecule has 17 heavy (non-hydrogen) atoms. The van der Waals surface area contributed by atoms with Gasteiger partial charge in [-0.1, -0.05) is 12.5 Å². The maximum atomic E-state index is 5.91. The monoisotopic (exact) mass is 235 g/mol. The summed E-state index contributed by atoms with van der Waals surface area (Å²) in [4.78, 5) is 6.72. The summed E-state index contributed by atoms with van der Waals surface area (Å²) in [5.41, 5.74) is 7.10. The summed E-state index contributed by atoms with van der Waals surface area (Å²) in [6, 6.07) is 4.27. The minimum absolute atomic E-state index is 0.300. The molecule has 2 N–H and O–H groups in total. The van der Waals surface area contributed by atoms with Gasteiger partial charge in [-0.15, -0.1) is 0 Å². The van der Waals surface area contributed by atoms with E-state index in [-0.39, 0.29) is 0 Å². The van der Waals surface area contributed by atoms with E-state index in [1.54, 1.807) is 7.11 Å². The molecule has 1 aliphatic rings. The molecule has 0 radical (unpaired) electrons. The number of ether oxygens (including phenoxy) is 1. The molecular formula is C13H21N3O. The third-order valence-electron chi connectivity index (χ3n) is 3.41. The number of nitrogens with zero attached hydrogens (tertiary/aromatic N) is 2. The zero-order valence-electron chi connectivity index (χ0n) is 10.4. The Labute approximate surface area is 103 Å². The standard InChI is InChI=1S/C13H21N3O/c1-17-13-6-5-11(10-15-13)12(9-14)16-7-3-2-4-8-16/h5-6,10,12H,2-4,7-9,14H2,1H3. The SMILES string of the molecule is COc1ccc(C(CN)N2CCCCC2)cn1. The normalized spacial score (nSPS) is 18.9. The van der Waals surface area contributed by atoms with Crippen LogP contribution in [-0.2, 0) is 0 Å². The van der Waals surface area contributed by atoms with Gasteiger partial charge < -0.3 is 10.5 Å². The van der Waals surface area contributed by atoms with Crippen molar-refractivity contribution in [2.24, 2.45) is 5.73 Å². The molecule has 1 unspecified atom stereocenters. The summed E-state index contributed by atoms with van der Waals surface area (Å²) >= 11 is 0. The topological polar surface area (TPSA) is 51.4 Å². The molecule has 0 saturated carbocycles. The van der Waals surface area contributed by atoms with Gasteiger partial charge in [0.2, 0.25) is 5.88 Å². The molecule has 1 aromatic heterocycles. The Balaban J connectivity index is 2.10. The molecule has 1 saturated heterocycles. The van der Waals surface area contributed by atoms with Gasteiger partial charge in [0.25, 0.3) is 0 Å². The molecule has 1 aliphatic heterocycles. The lowest BCUT2D eigenvalue weighted by molar-refractivity contribution is 0.167. The molecule has 4 heteroatoms. The lowest BCUT2D eigenvalue weighted by Crippen LogP contribution is -2.37. The Hall–Kier alpha value is -1.13. The Bertz CT molecular complexity index is 333. The summed E-state index contributed by atoms with van der Waals surface area (Å²) in [6.07, 6.45) is 5.78. The first-order valence-electron chi connectivity index (χ1n) is 6.29. The van der Waals surface area contributed by atoms with Gasteiger partial charge >= 0.3 is 0 Å². The summed E-state index contributed by atoms with van der Waals surface area (Å²) in [6.45, 7) is 2.94. The molecule has 2 rings (SSSR count). The zero-order chi connectivity index (χ0) is 12.1. The van der Waals surface area contributed by atoms with Crippen LogP contribution in [0.5, 0.6) is 5.88 Å². The number of nitrogens with two attached hydrogens (primary N) is 1. The second-order valence-corrected chi connectivity index (χ2v) is 4.48. The van der Waals surface area contributed by atoms with Gasteiger partial charge in [-0.25, -0.2) is 4.98 Å². The highest BCUT2D eigenvalue weighted by Gasteiger charge is 2.21. The van der Waals surface area contributed by atoms with Crippen molar-refractivity contribution in [1.29, 1.82) is 0 Å². The Morgan fingerprint density at radius 1 is 1.35 bits per heavy atom. The first-order valence-corrected chi connectivity index (χ1v) is 6.29. The Morgan fingerprint density at radius 2 is 2.12 bits per heavy atom. The van der Waals surface area contributed by atoms with Gasteiger partial charge in [-0.2, -0.15) is 0 Å². The molecule has 94 valence electrons. The van der Waals surface area contributed by atoms with E-state index in [0.717, 1.165) is 13.1 Å². The molecule has 0 amide bonds. The minimum Gasteiger partial charge on any atom is -0.481 e. The van der Waals surface area contributed by atoms with Crippen LogP contribution in [0.25, 0.3) is 0 Å². The molecule has 1 fully saturated rings. The van der Waals surface area contributed by atoms with Crippen molar-refractivity contribution in [2.75, 3.05) is 26.7 Å². The van der Waals surface area contributed by atoms with E-state index in [0.29, 0.717) is 18.5 Å². The molecule has 0 aromatic carbocycles. The predicted molar refractivity (Wildman–Crippen MR) is 68.0 cm³/mol. The number of pyridine rings is 1. The number of hydrogen-bond donors (Lipinski definition) is 1. The van der Waals surface area contributed by atoms with E-state index in [4.69, 9.17) is 10.5 Å². The maximum absolute atomic E-state index is 5.91. The van der Waals surface area contributed by atoms with Gasteiger partial charge in [-0.3, -0.25) is 4.90 Å². The van der Waals surface area contributed by atoms with E-state index in [1.165, 1.54) is 24.8 Å². The van der Waals surface area contributed by atoms with Gasteiger partial charge in [0, 0.05) is 24.8 Å². The smallest absolute Gasteiger partial charge is 0.212 e. The van der Waals surface area contributed by atoms with E-state index >= 15 is 0 Å². The highest BCUT2D eigenvalue weighted by molar-refractivity contribution is 5.21. The second-order valence-electron chi connectivity index (χ2n) is 4.48. The molecule has 1 atom stereocenters. The predicted octanol–water partition coefficient (Wildman–Crippen LogP) is 1.58. The van der Waals surface area contributed by atoms with Gasteiger partial charge in [0.15, 0.2) is 0 Å². The maximum Gasteiger partial charge on any atom is 0.212 e. The van der Waals surface area contributed by atoms with E-state index in [1.807, 2.05) is 12.3 Å². The summed E-state index contributed by atoms with van der Waals surface area (Å²) in [5.74, 6) is 0.656. The number of piperidine rings is 1. The van der Waals surface area contributed by atoms with Crippen LogP contribution in [0.15, 0.2) is 18.3 Å². The minimum atomic E-state index is 0.300. The number of rotatable bonds is 4. The van der Waals surface area contributed by atoms with Crippen LogP contribution >= 0.6 is 0 Å². The lowest BCUT2D eigenvalue weighted by Gasteiger charge is -2.34. The average molecular weight is 235 g/mol. The summed E-state index contributed by atoms with van der Waals surface area (Å²) in [7, 11) is 1.63. The highest BCUT2D eigenvalue weighted by Crippen LogP contribution is 2.24. The fourth-order valence-electron chi connectivity index (χ4n) is 2.44. The number of aromatic nitrogens is 1. The van der Waals surface area contributed by atoms with Crippen molar-refractivity contribution in [2.45, 2.75) is 25.3 Å². The molecule has 0 bridgehead atoms. The first kappa shape index (κ1) is 12.3. The number of likely N-dealkylation sites (tertiary alicyclic amines) is 1. The van der Waals surface area contributed by atoms with Crippen LogP contribution in [0.4, 0.5) is 0 Å². The lowest BCUT2D eigenvalue weighted by atomic mass is 10.0. The fraction of sp³-hybridized carbons (Fsp3) is 0.615. The van der Waals surface area contributed by atoms with Crippen molar-refractivity contribution in [1.82, 2.24) is 9.88 Å². The van der Waals surface area contributed by atoms with Crippen molar-refractivity contribution >= 4 is 0 Å². The van der Waals surface area contributed by atoms with Crippen LogP contribution in [0, 0.1) is 0 Å². The highest BCUT2D eigenvalue weighted by atomic mass is 16.5. The van der Waals surface area contributed by atoms with Gasteiger partial charge in [0.05, 0.1) is 7.11 Å². The van der Waals surface area contributed by atoms with E-state index in [2.05, 4.69) is 16.0 Å². The third-order valence-corrected chi connectivity index (χ3v) is 3.41.